The van der Waals surface area contributed by atoms with E-state index in [1.807, 2.05) is 4.90 Å². The summed E-state index contributed by atoms with van der Waals surface area (Å²) in [4.78, 5) is 29.7. The summed E-state index contributed by atoms with van der Waals surface area (Å²) in [5.41, 5.74) is 3.08. The Morgan fingerprint density at radius 3 is 2.52 bits per heavy atom. The van der Waals surface area contributed by atoms with Gasteiger partial charge >= 0.3 is 0 Å². The molecule has 6 heteroatoms. The second-order valence-corrected chi connectivity index (χ2v) is 7.93. The van der Waals surface area contributed by atoms with E-state index in [0.29, 0.717) is 31.5 Å². The monoisotopic (exact) mass is 395 g/mol. The summed E-state index contributed by atoms with van der Waals surface area (Å²) in [6, 6.07) is 10.4. The van der Waals surface area contributed by atoms with Gasteiger partial charge in [0.25, 0.3) is 5.91 Å². The molecule has 2 fully saturated rings. The molecule has 29 heavy (non-hydrogen) atoms. The number of aryl methyl sites for hydroxylation is 1. The predicted molar refractivity (Wildman–Crippen MR) is 110 cm³/mol. The summed E-state index contributed by atoms with van der Waals surface area (Å²) in [6.45, 7) is 5.72. The van der Waals surface area contributed by atoms with Crippen LogP contribution in [0, 0.1) is 5.92 Å². The Labute approximate surface area is 171 Å². The van der Waals surface area contributed by atoms with Crippen LogP contribution < -0.4 is 5.32 Å². The Morgan fingerprint density at radius 2 is 1.86 bits per heavy atom. The maximum atomic E-state index is 13.3. The summed E-state index contributed by atoms with van der Waals surface area (Å²) in [5.74, 6) is 0.200. The van der Waals surface area contributed by atoms with Crippen molar-refractivity contribution in [3.05, 3.63) is 59.5 Å². The van der Waals surface area contributed by atoms with Gasteiger partial charge in [-0.3, -0.25) is 9.59 Å². The molecule has 1 aromatic heterocycles. The van der Waals surface area contributed by atoms with Gasteiger partial charge in [0.05, 0.1) is 17.9 Å². The van der Waals surface area contributed by atoms with Crippen LogP contribution >= 0.6 is 0 Å². The van der Waals surface area contributed by atoms with Crippen molar-refractivity contribution in [3.63, 3.8) is 0 Å². The van der Waals surface area contributed by atoms with Crippen LogP contribution in [0.4, 0.5) is 0 Å². The van der Waals surface area contributed by atoms with E-state index in [1.165, 1.54) is 23.7 Å². The molecule has 1 aromatic carbocycles. The van der Waals surface area contributed by atoms with Crippen molar-refractivity contribution in [2.75, 3.05) is 32.7 Å². The molecule has 0 saturated carbocycles. The van der Waals surface area contributed by atoms with E-state index in [4.69, 9.17) is 4.42 Å². The topological polar surface area (TPSA) is 65.8 Å². The molecule has 2 aromatic rings. The summed E-state index contributed by atoms with van der Waals surface area (Å²) in [7, 11) is 0. The van der Waals surface area contributed by atoms with Gasteiger partial charge in [0, 0.05) is 38.6 Å². The van der Waals surface area contributed by atoms with Gasteiger partial charge in [-0.15, -0.1) is 0 Å². The largest absolute Gasteiger partial charge is 0.472 e. The fourth-order valence-corrected chi connectivity index (χ4v) is 4.37. The number of rotatable bonds is 4. The fourth-order valence-electron chi connectivity index (χ4n) is 4.37. The van der Waals surface area contributed by atoms with E-state index >= 15 is 0 Å². The highest BCUT2D eigenvalue weighted by molar-refractivity contribution is 5.94. The van der Waals surface area contributed by atoms with Crippen LogP contribution in [0.1, 0.15) is 47.3 Å². The van der Waals surface area contributed by atoms with Gasteiger partial charge in [-0.25, -0.2) is 0 Å². The summed E-state index contributed by atoms with van der Waals surface area (Å²) >= 11 is 0. The van der Waals surface area contributed by atoms with Crippen LogP contribution in [0.5, 0.6) is 0 Å². The van der Waals surface area contributed by atoms with Crippen molar-refractivity contribution < 1.29 is 14.0 Å². The minimum absolute atomic E-state index is 0.0132. The first-order valence-electron chi connectivity index (χ1n) is 10.6. The summed E-state index contributed by atoms with van der Waals surface area (Å²) in [6.07, 6.45) is 5.44. The van der Waals surface area contributed by atoms with Crippen LogP contribution in [0.3, 0.4) is 0 Å². The smallest absolute Gasteiger partial charge is 0.257 e. The number of nitrogens with zero attached hydrogens (tertiary/aromatic N) is 2. The number of piperidine rings is 1. The SMILES string of the molecule is CCc1ccc(C2CNCCN2C(=O)C2CCN(C(=O)c3ccoc3)CC2)cc1. The number of likely N-dealkylation sites (tertiary alicyclic amines) is 1. The first-order chi connectivity index (χ1) is 14.2. The van der Waals surface area contributed by atoms with Crippen molar-refractivity contribution in [2.45, 2.75) is 32.2 Å². The average Bonchev–Trinajstić information content (AvgIpc) is 3.33. The molecule has 0 radical (unpaired) electrons. The molecule has 2 aliphatic rings. The van der Waals surface area contributed by atoms with Gasteiger partial charge in [-0.2, -0.15) is 0 Å². The molecule has 2 aliphatic heterocycles. The molecule has 1 atom stereocenters. The number of benzene rings is 1. The fraction of sp³-hybridized carbons (Fsp3) is 0.478. The van der Waals surface area contributed by atoms with Crippen LogP contribution in [0.15, 0.2) is 47.3 Å². The Hall–Kier alpha value is -2.60. The van der Waals surface area contributed by atoms with Gasteiger partial charge < -0.3 is 19.5 Å². The van der Waals surface area contributed by atoms with Gasteiger partial charge in [0.2, 0.25) is 5.91 Å². The Morgan fingerprint density at radius 1 is 1.10 bits per heavy atom. The number of hydrogen-bond donors (Lipinski definition) is 1. The van der Waals surface area contributed by atoms with Crippen LogP contribution in [-0.4, -0.2) is 54.3 Å². The zero-order valence-corrected chi connectivity index (χ0v) is 17.0. The minimum atomic E-state index is -0.0149. The van der Waals surface area contributed by atoms with Gasteiger partial charge in [-0.1, -0.05) is 31.2 Å². The van der Waals surface area contributed by atoms with Crippen molar-refractivity contribution >= 4 is 11.8 Å². The van der Waals surface area contributed by atoms with E-state index in [9.17, 15) is 9.59 Å². The Bertz CT molecular complexity index is 824. The third-order valence-electron chi connectivity index (χ3n) is 6.20. The first kappa shape index (κ1) is 19.7. The van der Waals surface area contributed by atoms with Crippen molar-refractivity contribution in [3.8, 4) is 0 Å². The molecule has 2 amide bonds. The second kappa shape index (κ2) is 8.82. The highest BCUT2D eigenvalue weighted by Gasteiger charge is 2.35. The number of carbonyl (C=O) groups is 2. The molecule has 0 bridgehead atoms. The van der Waals surface area contributed by atoms with Crippen molar-refractivity contribution in [2.24, 2.45) is 5.92 Å². The normalized spacial score (nSPS) is 20.7. The molecule has 4 rings (SSSR count). The van der Waals surface area contributed by atoms with E-state index in [1.54, 1.807) is 6.07 Å². The third kappa shape index (κ3) is 4.22. The molecule has 2 saturated heterocycles. The molecule has 1 N–H and O–H groups in total. The van der Waals surface area contributed by atoms with Crippen LogP contribution in [0.2, 0.25) is 0 Å². The molecule has 6 nitrogen and oxygen atoms in total. The number of carbonyl (C=O) groups excluding carboxylic acids is 2. The number of nitrogens with one attached hydrogen (secondary N) is 1. The third-order valence-corrected chi connectivity index (χ3v) is 6.20. The quantitative estimate of drug-likeness (QED) is 0.865. The van der Waals surface area contributed by atoms with Crippen molar-refractivity contribution in [1.29, 1.82) is 0 Å². The van der Waals surface area contributed by atoms with Gasteiger partial charge in [-0.05, 0) is 36.5 Å². The first-order valence-corrected chi connectivity index (χ1v) is 10.6. The number of piperazine rings is 1. The maximum absolute atomic E-state index is 13.3. The van der Waals surface area contributed by atoms with Crippen molar-refractivity contribution in [1.82, 2.24) is 15.1 Å². The standard InChI is InChI=1S/C23H29N3O3/c1-2-17-3-5-18(6-4-17)21-15-24-10-13-26(21)23(28)19-7-11-25(12-8-19)22(27)20-9-14-29-16-20/h3-6,9,14,16,19,21,24H,2,7-8,10-13,15H2,1H3. The molecule has 154 valence electrons. The lowest BCUT2D eigenvalue weighted by Crippen LogP contribution is -2.52. The molecule has 0 spiro atoms. The van der Waals surface area contributed by atoms with E-state index in [0.717, 1.165) is 26.1 Å². The van der Waals surface area contributed by atoms with Crippen LogP contribution in [-0.2, 0) is 11.2 Å². The lowest BCUT2D eigenvalue weighted by atomic mass is 9.92. The molecule has 0 aliphatic carbocycles. The minimum Gasteiger partial charge on any atom is -0.472 e. The predicted octanol–water partition coefficient (Wildman–Crippen LogP) is 2.87. The van der Waals surface area contributed by atoms with Gasteiger partial charge in [0.15, 0.2) is 0 Å². The van der Waals surface area contributed by atoms with Crippen LogP contribution in [0.25, 0.3) is 0 Å². The molecular weight excluding hydrogens is 366 g/mol. The molecule has 1 unspecified atom stereocenters. The number of amides is 2. The zero-order chi connectivity index (χ0) is 20.2. The highest BCUT2D eigenvalue weighted by atomic mass is 16.3. The molecular formula is C23H29N3O3. The summed E-state index contributed by atoms with van der Waals surface area (Å²) in [5, 5.41) is 3.43. The van der Waals surface area contributed by atoms with E-state index < -0.39 is 0 Å². The molecule has 3 heterocycles. The lowest BCUT2D eigenvalue weighted by Gasteiger charge is -2.40. The number of furan rings is 1. The lowest BCUT2D eigenvalue weighted by molar-refractivity contribution is -0.140. The Balaban J connectivity index is 1.40. The van der Waals surface area contributed by atoms with E-state index in [-0.39, 0.29) is 23.8 Å². The number of hydrogen-bond acceptors (Lipinski definition) is 4. The van der Waals surface area contributed by atoms with Gasteiger partial charge in [0.1, 0.15) is 6.26 Å². The summed E-state index contributed by atoms with van der Waals surface area (Å²) < 4.78 is 5.02. The van der Waals surface area contributed by atoms with E-state index in [2.05, 4.69) is 41.4 Å². The zero-order valence-electron chi connectivity index (χ0n) is 17.0. The Kier molecular flexibility index (Phi) is 6.00. The average molecular weight is 396 g/mol. The highest BCUT2D eigenvalue weighted by Crippen LogP contribution is 2.28. The maximum Gasteiger partial charge on any atom is 0.257 e. The second-order valence-electron chi connectivity index (χ2n) is 7.93.